The molecule has 0 radical (unpaired) electrons. The van der Waals surface area contributed by atoms with Gasteiger partial charge in [-0.2, -0.15) is 0 Å². The van der Waals surface area contributed by atoms with Crippen LogP contribution in [0.1, 0.15) is 51.0 Å². The van der Waals surface area contributed by atoms with E-state index in [0.717, 1.165) is 30.5 Å². The lowest BCUT2D eigenvalue weighted by molar-refractivity contribution is -0.121. The molecule has 0 saturated heterocycles. The Morgan fingerprint density at radius 2 is 2.08 bits per heavy atom. The van der Waals surface area contributed by atoms with Crippen LogP contribution < -0.4 is 10.2 Å². The molecule has 0 aromatic heterocycles. The van der Waals surface area contributed by atoms with Crippen molar-refractivity contribution in [1.29, 1.82) is 0 Å². The van der Waals surface area contributed by atoms with Gasteiger partial charge in [-0.05, 0) is 56.7 Å². The molecule has 0 atom stereocenters. The van der Waals surface area contributed by atoms with Crippen molar-refractivity contribution >= 4 is 29.1 Å². The van der Waals surface area contributed by atoms with Crippen molar-refractivity contribution in [2.75, 3.05) is 18.0 Å². The Labute approximate surface area is 155 Å². The molecule has 4 nitrogen and oxygen atoms in total. The van der Waals surface area contributed by atoms with Crippen LogP contribution >= 0.6 is 11.6 Å². The summed E-state index contributed by atoms with van der Waals surface area (Å²) in [6, 6.07) is 5.51. The second-order valence-corrected chi connectivity index (χ2v) is 6.97. The maximum Gasteiger partial charge on any atom is 0.223 e. The summed E-state index contributed by atoms with van der Waals surface area (Å²) < 4.78 is 0. The number of aryl methyl sites for hydroxylation is 1. The Morgan fingerprint density at radius 1 is 1.28 bits per heavy atom. The van der Waals surface area contributed by atoms with Crippen molar-refractivity contribution in [3.63, 3.8) is 0 Å². The zero-order valence-electron chi connectivity index (χ0n) is 15.1. The molecule has 1 aliphatic carbocycles. The smallest absolute Gasteiger partial charge is 0.223 e. The number of carbonyl (C=O) groups is 2. The first-order valence-electron chi connectivity index (χ1n) is 8.96. The van der Waals surface area contributed by atoms with Crippen LogP contribution in [0.2, 0.25) is 5.02 Å². The minimum absolute atomic E-state index is 0.0270. The number of anilines is 1. The van der Waals surface area contributed by atoms with Gasteiger partial charge in [-0.15, -0.1) is 0 Å². The fourth-order valence-electron chi connectivity index (χ4n) is 3.01. The summed E-state index contributed by atoms with van der Waals surface area (Å²) in [7, 11) is 0. The summed E-state index contributed by atoms with van der Waals surface area (Å²) in [5.41, 5.74) is 3.14. The third-order valence-corrected chi connectivity index (χ3v) is 4.97. The maximum atomic E-state index is 12.1. The van der Waals surface area contributed by atoms with Crippen molar-refractivity contribution in [2.24, 2.45) is 0 Å². The van der Waals surface area contributed by atoms with Crippen molar-refractivity contribution in [3.05, 3.63) is 40.4 Å². The number of benzene rings is 1. The Morgan fingerprint density at radius 3 is 2.72 bits per heavy atom. The van der Waals surface area contributed by atoms with E-state index >= 15 is 0 Å². The lowest BCUT2D eigenvalue weighted by Gasteiger charge is -2.21. The molecule has 0 spiro atoms. The number of hydrogen-bond donors (Lipinski definition) is 1. The number of nitrogens with one attached hydrogen (secondary N) is 1. The highest BCUT2D eigenvalue weighted by molar-refractivity contribution is 6.31. The first kappa shape index (κ1) is 19.5. The molecule has 2 amide bonds. The van der Waals surface area contributed by atoms with Crippen LogP contribution in [0.25, 0.3) is 0 Å². The summed E-state index contributed by atoms with van der Waals surface area (Å²) in [6.45, 7) is 4.44. The van der Waals surface area contributed by atoms with E-state index in [2.05, 4.69) is 11.4 Å². The van der Waals surface area contributed by atoms with Gasteiger partial charge in [-0.1, -0.05) is 29.3 Å². The minimum Gasteiger partial charge on any atom is -0.356 e. The van der Waals surface area contributed by atoms with Gasteiger partial charge in [0.1, 0.15) is 0 Å². The predicted molar refractivity (Wildman–Crippen MR) is 103 cm³/mol. The van der Waals surface area contributed by atoms with Gasteiger partial charge >= 0.3 is 0 Å². The average molecular weight is 363 g/mol. The molecule has 1 aromatic rings. The highest BCUT2D eigenvalue weighted by Crippen LogP contribution is 2.23. The number of halogens is 1. The Kier molecular flexibility index (Phi) is 7.51. The zero-order chi connectivity index (χ0) is 18.2. The van der Waals surface area contributed by atoms with Crippen molar-refractivity contribution in [2.45, 2.75) is 52.4 Å². The minimum atomic E-state index is -0.0971. The Hall–Kier alpha value is -1.81. The van der Waals surface area contributed by atoms with E-state index in [-0.39, 0.29) is 18.2 Å². The fourth-order valence-corrected chi connectivity index (χ4v) is 3.19. The lowest BCUT2D eigenvalue weighted by Crippen LogP contribution is -2.34. The third kappa shape index (κ3) is 6.20. The highest BCUT2D eigenvalue weighted by Gasteiger charge is 2.14. The van der Waals surface area contributed by atoms with Crippen LogP contribution in [0.4, 0.5) is 5.69 Å². The molecule has 136 valence electrons. The second-order valence-electron chi connectivity index (χ2n) is 6.56. The van der Waals surface area contributed by atoms with Gasteiger partial charge in [0.2, 0.25) is 11.8 Å². The van der Waals surface area contributed by atoms with Crippen molar-refractivity contribution in [1.82, 2.24) is 5.32 Å². The quantitative estimate of drug-likeness (QED) is 0.731. The standard InChI is InChI=1S/C20H27ClN2O2/c1-15-8-9-18(14-19(15)21)23(16(2)24)13-11-20(25)22-12-10-17-6-4-3-5-7-17/h6,8-9,14H,3-5,7,10-13H2,1-2H3,(H,22,25). The first-order chi connectivity index (χ1) is 12.0. The number of hydrogen-bond acceptors (Lipinski definition) is 2. The highest BCUT2D eigenvalue weighted by atomic mass is 35.5. The van der Waals surface area contributed by atoms with Gasteiger partial charge in [0.05, 0.1) is 0 Å². The molecular formula is C20H27ClN2O2. The van der Waals surface area contributed by atoms with E-state index in [9.17, 15) is 9.59 Å². The molecule has 5 heteroatoms. The van der Waals surface area contributed by atoms with E-state index in [1.165, 1.54) is 25.3 Å². The molecular weight excluding hydrogens is 336 g/mol. The van der Waals surface area contributed by atoms with Gasteiger partial charge in [0.25, 0.3) is 0 Å². The van der Waals surface area contributed by atoms with Crippen LogP contribution in [0.3, 0.4) is 0 Å². The van der Waals surface area contributed by atoms with Gasteiger partial charge in [-0.25, -0.2) is 0 Å². The second kappa shape index (κ2) is 9.62. The maximum absolute atomic E-state index is 12.1. The number of allylic oxidation sites excluding steroid dienone is 1. The van der Waals surface area contributed by atoms with Crippen LogP contribution in [0.5, 0.6) is 0 Å². The summed E-state index contributed by atoms with van der Waals surface area (Å²) in [4.78, 5) is 25.6. The fraction of sp³-hybridized carbons (Fsp3) is 0.500. The van der Waals surface area contributed by atoms with E-state index in [1.54, 1.807) is 11.0 Å². The Bertz CT molecular complexity index is 655. The molecule has 1 aromatic carbocycles. The molecule has 0 unspecified atom stereocenters. The molecule has 0 saturated carbocycles. The molecule has 1 N–H and O–H groups in total. The van der Waals surface area contributed by atoms with E-state index in [4.69, 9.17) is 11.6 Å². The molecule has 0 heterocycles. The Balaban J connectivity index is 1.81. The molecule has 0 aliphatic heterocycles. The monoisotopic (exact) mass is 362 g/mol. The summed E-state index contributed by atoms with van der Waals surface area (Å²) in [5.74, 6) is -0.124. The molecule has 0 fully saturated rings. The van der Waals surface area contributed by atoms with E-state index < -0.39 is 0 Å². The van der Waals surface area contributed by atoms with E-state index in [0.29, 0.717) is 18.1 Å². The molecule has 1 aliphatic rings. The van der Waals surface area contributed by atoms with Crippen LogP contribution in [0, 0.1) is 6.92 Å². The average Bonchev–Trinajstić information content (AvgIpc) is 2.59. The number of nitrogens with zero attached hydrogens (tertiary/aromatic N) is 1. The largest absolute Gasteiger partial charge is 0.356 e. The van der Waals surface area contributed by atoms with Crippen molar-refractivity contribution in [3.8, 4) is 0 Å². The SMILES string of the molecule is CC(=O)N(CCC(=O)NCCC1=CCCCC1)c1ccc(C)c(Cl)c1. The molecule has 2 rings (SSSR count). The molecule has 0 bridgehead atoms. The molecule has 25 heavy (non-hydrogen) atoms. The normalized spacial score (nSPS) is 14.0. The van der Waals surface area contributed by atoms with Crippen LogP contribution in [-0.4, -0.2) is 24.9 Å². The van der Waals surface area contributed by atoms with Gasteiger partial charge in [0, 0.05) is 37.1 Å². The summed E-state index contributed by atoms with van der Waals surface area (Å²) in [6.07, 6.45) is 8.36. The number of rotatable bonds is 7. The van der Waals surface area contributed by atoms with Gasteiger partial charge in [0.15, 0.2) is 0 Å². The van der Waals surface area contributed by atoms with Crippen LogP contribution in [0.15, 0.2) is 29.8 Å². The topological polar surface area (TPSA) is 49.4 Å². The van der Waals surface area contributed by atoms with Gasteiger partial charge < -0.3 is 10.2 Å². The van der Waals surface area contributed by atoms with E-state index in [1.807, 2.05) is 19.1 Å². The predicted octanol–water partition coefficient (Wildman–Crippen LogP) is 4.40. The third-order valence-electron chi connectivity index (χ3n) is 4.56. The number of amides is 2. The van der Waals surface area contributed by atoms with Crippen molar-refractivity contribution < 1.29 is 9.59 Å². The summed E-state index contributed by atoms with van der Waals surface area (Å²) >= 11 is 6.15. The zero-order valence-corrected chi connectivity index (χ0v) is 15.9. The van der Waals surface area contributed by atoms with Crippen LogP contribution in [-0.2, 0) is 9.59 Å². The first-order valence-corrected chi connectivity index (χ1v) is 9.34. The summed E-state index contributed by atoms with van der Waals surface area (Å²) in [5, 5.41) is 3.57. The number of carbonyl (C=O) groups excluding carboxylic acids is 2. The lowest BCUT2D eigenvalue weighted by atomic mass is 9.97. The van der Waals surface area contributed by atoms with Gasteiger partial charge in [-0.3, -0.25) is 9.59 Å².